The maximum atomic E-state index is 11.9. The Bertz CT molecular complexity index is 531. The molecule has 0 fully saturated rings. The molecule has 0 amide bonds. The van der Waals surface area contributed by atoms with Crippen molar-refractivity contribution < 1.29 is 23.9 Å². The lowest BCUT2D eigenvalue weighted by atomic mass is 10.1. The normalized spacial score (nSPS) is 11.0. The third kappa shape index (κ3) is 27.5. The summed E-state index contributed by atoms with van der Waals surface area (Å²) >= 11 is 0. The zero-order valence-electron chi connectivity index (χ0n) is 24.6. The third-order valence-corrected chi connectivity index (χ3v) is 7.00. The Morgan fingerprint density at radius 2 is 0.757 bits per heavy atom. The maximum Gasteiger partial charge on any atom is 0.374 e. The van der Waals surface area contributed by atoms with E-state index in [0.717, 1.165) is 32.1 Å². The van der Waals surface area contributed by atoms with Gasteiger partial charge in [-0.05, 0) is 19.3 Å². The van der Waals surface area contributed by atoms with Crippen LogP contribution in [-0.2, 0) is 23.9 Å². The van der Waals surface area contributed by atoms with Crippen LogP contribution in [0.5, 0.6) is 0 Å². The molecule has 0 N–H and O–H groups in total. The number of carbonyl (C=O) groups excluding carboxylic acids is 3. The fourth-order valence-corrected chi connectivity index (χ4v) is 4.53. The van der Waals surface area contributed by atoms with E-state index >= 15 is 0 Å². The van der Waals surface area contributed by atoms with Crippen LogP contribution in [0.25, 0.3) is 0 Å². The molecule has 0 spiro atoms. The van der Waals surface area contributed by atoms with Gasteiger partial charge in [0.1, 0.15) is 0 Å². The smallest absolute Gasteiger partial charge is 0.374 e. The molecule has 0 aliphatic heterocycles. The average molecular weight is 525 g/mol. The molecule has 218 valence electrons. The first-order valence-corrected chi connectivity index (χ1v) is 16.0. The molecule has 37 heavy (non-hydrogen) atoms. The molecule has 0 bridgehead atoms. The molecule has 0 aliphatic carbocycles. The Kier molecular flexibility index (Phi) is 28.1. The van der Waals surface area contributed by atoms with Crippen molar-refractivity contribution in [3.05, 3.63) is 0 Å². The van der Waals surface area contributed by atoms with Crippen LogP contribution in [0, 0.1) is 0 Å². The summed E-state index contributed by atoms with van der Waals surface area (Å²) in [5.41, 5.74) is 0. The number of hydrogen-bond acceptors (Lipinski definition) is 5. The van der Waals surface area contributed by atoms with Crippen molar-refractivity contribution in [3.63, 3.8) is 0 Å². The summed E-state index contributed by atoms with van der Waals surface area (Å²) in [6.45, 7) is 5.25. The van der Waals surface area contributed by atoms with Crippen molar-refractivity contribution in [1.29, 1.82) is 0 Å². The van der Waals surface area contributed by atoms with E-state index in [1.54, 1.807) is 0 Å². The highest BCUT2D eigenvalue weighted by molar-refractivity contribution is 6.33. The molecule has 0 aromatic carbocycles. The van der Waals surface area contributed by atoms with Crippen molar-refractivity contribution in [2.75, 3.05) is 13.2 Å². The van der Waals surface area contributed by atoms with Gasteiger partial charge in [0.05, 0.1) is 13.2 Å². The van der Waals surface area contributed by atoms with Crippen LogP contribution in [0.3, 0.4) is 0 Å². The summed E-state index contributed by atoms with van der Waals surface area (Å²) in [7, 11) is 0. The van der Waals surface area contributed by atoms with Gasteiger partial charge in [-0.25, -0.2) is 4.79 Å². The van der Waals surface area contributed by atoms with E-state index in [2.05, 4.69) is 13.8 Å². The first kappa shape index (κ1) is 35.6. The number of hydrogen-bond donors (Lipinski definition) is 0. The van der Waals surface area contributed by atoms with Gasteiger partial charge in [-0.3, -0.25) is 9.59 Å². The number of ether oxygens (including phenoxy) is 2. The predicted octanol–water partition coefficient (Wildman–Crippen LogP) is 9.43. The minimum Gasteiger partial charge on any atom is -0.466 e. The first-order chi connectivity index (χ1) is 18.1. The Hall–Kier alpha value is -1.39. The van der Waals surface area contributed by atoms with E-state index in [1.165, 1.54) is 109 Å². The largest absolute Gasteiger partial charge is 0.466 e. The van der Waals surface area contributed by atoms with Gasteiger partial charge in [0, 0.05) is 12.8 Å². The lowest BCUT2D eigenvalue weighted by molar-refractivity contribution is -0.154. The molecule has 0 radical (unpaired) electrons. The highest BCUT2D eigenvalue weighted by atomic mass is 16.5. The van der Waals surface area contributed by atoms with E-state index in [4.69, 9.17) is 9.47 Å². The van der Waals surface area contributed by atoms with Gasteiger partial charge in [0.15, 0.2) is 0 Å². The zero-order chi connectivity index (χ0) is 27.2. The van der Waals surface area contributed by atoms with Crippen LogP contribution in [0.2, 0.25) is 0 Å². The molecule has 0 rings (SSSR count). The highest BCUT2D eigenvalue weighted by Gasteiger charge is 2.15. The van der Waals surface area contributed by atoms with Gasteiger partial charge in [-0.1, -0.05) is 142 Å². The summed E-state index contributed by atoms with van der Waals surface area (Å²) in [4.78, 5) is 35.5. The van der Waals surface area contributed by atoms with Crippen molar-refractivity contribution in [2.24, 2.45) is 0 Å². The van der Waals surface area contributed by atoms with Gasteiger partial charge < -0.3 is 9.47 Å². The monoisotopic (exact) mass is 524 g/mol. The van der Waals surface area contributed by atoms with Crippen LogP contribution in [0.4, 0.5) is 0 Å². The van der Waals surface area contributed by atoms with E-state index in [1.807, 2.05) is 0 Å². The van der Waals surface area contributed by atoms with Crippen molar-refractivity contribution in [2.45, 2.75) is 174 Å². The quantitative estimate of drug-likeness (QED) is 0.0553. The maximum absolute atomic E-state index is 11.9. The van der Waals surface area contributed by atoms with Crippen LogP contribution in [0.15, 0.2) is 0 Å². The minimum absolute atomic E-state index is 0.0463. The number of esters is 2. The van der Waals surface area contributed by atoms with Crippen molar-refractivity contribution in [3.8, 4) is 0 Å². The van der Waals surface area contributed by atoms with Crippen molar-refractivity contribution in [1.82, 2.24) is 0 Å². The molecular formula is C32H60O5. The van der Waals surface area contributed by atoms with Crippen LogP contribution in [-0.4, -0.2) is 30.9 Å². The van der Waals surface area contributed by atoms with Crippen LogP contribution in [0.1, 0.15) is 174 Å². The molecule has 0 heterocycles. The van der Waals surface area contributed by atoms with E-state index in [9.17, 15) is 14.4 Å². The van der Waals surface area contributed by atoms with Gasteiger partial charge in [0.2, 0.25) is 5.78 Å². The van der Waals surface area contributed by atoms with Gasteiger partial charge in [-0.15, -0.1) is 0 Å². The Labute approximate surface area is 229 Å². The summed E-state index contributed by atoms with van der Waals surface area (Å²) in [6, 6.07) is 0. The molecule has 0 atom stereocenters. The minimum atomic E-state index is -0.763. The van der Waals surface area contributed by atoms with Gasteiger partial charge in [0.25, 0.3) is 0 Å². The summed E-state index contributed by atoms with van der Waals surface area (Å²) in [5.74, 6) is -1.59. The summed E-state index contributed by atoms with van der Waals surface area (Å²) < 4.78 is 10.3. The molecule has 5 nitrogen and oxygen atoms in total. The summed E-state index contributed by atoms with van der Waals surface area (Å²) in [6.07, 6.45) is 28.0. The second-order valence-corrected chi connectivity index (χ2v) is 10.7. The lowest BCUT2D eigenvalue weighted by Gasteiger charge is -2.06. The fraction of sp³-hybridized carbons (Fsp3) is 0.906. The SMILES string of the molecule is CCCCCCCCCCCCCOC(=O)CCCC(=O)C(=O)OCCCCCCCCCCCCC. The highest BCUT2D eigenvalue weighted by Crippen LogP contribution is 2.12. The zero-order valence-corrected chi connectivity index (χ0v) is 24.6. The molecular weight excluding hydrogens is 464 g/mol. The number of rotatable bonds is 29. The number of Topliss-reactive ketones (excluding diaryl/α,β-unsaturated/α-hetero) is 1. The van der Waals surface area contributed by atoms with E-state index in [0.29, 0.717) is 19.6 Å². The Balaban J connectivity index is 3.42. The number of ketones is 1. The predicted molar refractivity (Wildman–Crippen MR) is 154 cm³/mol. The molecule has 5 heteroatoms. The van der Waals surface area contributed by atoms with Crippen LogP contribution >= 0.6 is 0 Å². The molecule has 0 aromatic heterocycles. The first-order valence-electron chi connectivity index (χ1n) is 16.0. The third-order valence-electron chi connectivity index (χ3n) is 7.00. The van der Waals surface area contributed by atoms with Gasteiger partial charge in [-0.2, -0.15) is 0 Å². The topological polar surface area (TPSA) is 69.7 Å². The Morgan fingerprint density at radius 1 is 0.405 bits per heavy atom. The standard InChI is InChI=1S/C32H60O5/c1-3-5-7-9-11-13-15-17-19-21-23-28-36-31(34)27-25-26-30(33)32(35)37-29-24-22-20-18-16-14-12-10-8-6-4-2/h3-29H2,1-2H3. The molecule has 0 aliphatic rings. The number of unbranched alkanes of at least 4 members (excludes halogenated alkanes) is 20. The fourth-order valence-electron chi connectivity index (χ4n) is 4.53. The average Bonchev–Trinajstić information content (AvgIpc) is 2.89. The van der Waals surface area contributed by atoms with Gasteiger partial charge >= 0.3 is 11.9 Å². The lowest BCUT2D eigenvalue weighted by Crippen LogP contribution is -2.18. The second kappa shape index (κ2) is 29.2. The second-order valence-electron chi connectivity index (χ2n) is 10.7. The summed E-state index contributed by atoms with van der Waals surface area (Å²) in [5, 5.41) is 0. The molecule has 0 unspecified atom stereocenters. The molecule has 0 saturated carbocycles. The Morgan fingerprint density at radius 3 is 1.16 bits per heavy atom. The van der Waals surface area contributed by atoms with E-state index in [-0.39, 0.29) is 18.8 Å². The molecule has 0 aromatic rings. The van der Waals surface area contributed by atoms with Crippen LogP contribution < -0.4 is 0 Å². The molecule has 0 saturated heterocycles. The van der Waals surface area contributed by atoms with Crippen molar-refractivity contribution >= 4 is 17.7 Å². The number of carbonyl (C=O) groups is 3. The van der Waals surface area contributed by atoms with E-state index < -0.39 is 11.8 Å².